The minimum Gasteiger partial charge on any atom is -0.309 e. The van der Waals surface area contributed by atoms with Gasteiger partial charge in [0.15, 0.2) is 0 Å². The zero-order valence-corrected chi connectivity index (χ0v) is 44.2. The molecule has 73 heavy (non-hydrogen) atoms. The van der Waals surface area contributed by atoms with E-state index in [0.717, 1.165) is 61.4 Å². The summed E-state index contributed by atoms with van der Waals surface area (Å²) in [6.07, 6.45) is 1.10. The summed E-state index contributed by atoms with van der Waals surface area (Å²) >= 11 is 4.60. The number of aromatic nitrogens is 4. The number of carbonyl (C=O) groups is 2. The third kappa shape index (κ3) is 7.48. The van der Waals surface area contributed by atoms with Gasteiger partial charge < -0.3 is 9.13 Å². The maximum Gasteiger partial charge on any atom is 0.228 e. The fraction of sp³-hybridized carbons (Fsp3) is 0.0462. The summed E-state index contributed by atoms with van der Waals surface area (Å²) in [5, 5.41) is 9.32. The van der Waals surface area contributed by atoms with Gasteiger partial charge in [-0.05, 0) is 171 Å². The lowest BCUT2D eigenvalue weighted by Crippen LogP contribution is -2.04. The second kappa shape index (κ2) is 18.0. The van der Waals surface area contributed by atoms with E-state index in [1.165, 1.54) is 73.0 Å². The van der Waals surface area contributed by atoms with Crippen molar-refractivity contribution in [3.05, 3.63) is 237 Å². The van der Waals surface area contributed by atoms with E-state index in [2.05, 4.69) is 248 Å². The summed E-state index contributed by atoms with van der Waals surface area (Å²) in [4.78, 5) is 24.9. The Hall–Kier alpha value is -7.80. The first-order valence-corrected chi connectivity index (χ1v) is 26.5. The van der Waals surface area contributed by atoms with Crippen molar-refractivity contribution in [3.8, 4) is 22.5 Å². The van der Waals surface area contributed by atoms with E-state index in [0.29, 0.717) is 0 Å². The molecule has 0 bridgehead atoms. The van der Waals surface area contributed by atoms with Gasteiger partial charge in [0.25, 0.3) is 0 Å². The molecule has 0 unspecified atom stereocenters. The summed E-state index contributed by atoms with van der Waals surface area (Å²) in [6, 6.07) is 76.8. The van der Waals surface area contributed by atoms with E-state index in [-0.39, 0.29) is 11.8 Å². The van der Waals surface area contributed by atoms with Crippen LogP contribution in [-0.4, -0.2) is 30.1 Å². The number of carbonyl (C=O) groups excluding carboxylic acids is 2. The van der Waals surface area contributed by atoms with Gasteiger partial charge in [0, 0.05) is 75.5 Å². The normalized spacial score (nSPS) is 11.9. The molecule has 0 spiro atoms. The van der Waals surface area contributed by atoms with Gasteiger partial charge in [-0.1, -0.05) is 121 Å². The van der Waals surface area contributed by atoms with Crippen LogP contribution >= 0.6 is 45.2 Å². The molecule has 0 amide bonds. The van der Waals surface area contributed by atoms with Crippen molar-refractivity contribution >= 4 is 144 Å². The minimum absolute atomic E-state index is 0.00391. The Morgan fingerprint density at radius 3 is 0.986 bits per heavy atom. The molecule has 6 nitrogen and oxygen atoms in total. The van der Waals surface area contributed by atoms with Crippen molar-refractivity contribution in [2.24, 2.45) is 0 Å². The molecule has 10 aromatic carbocycles. The van der Waals surface area contributed by atoms with Crippen LogP contribution < -0.4 is 0 Å². The molecule has 4 aromatic heterocycles. The van der Waals surface area contributed by atoms with Gasteiger partial charge in [-0.25, -0.2) is 0 Å². The Bertz CT molecular complexity index is 4210. The zero-order chi connectivity index (χ0) is 49.5. The smallest absolute Gasteiger partial charge is 0.228 e. The first-order chi connectivity index (χ1) is 35.7. The van der Waals surface area contributed by atoms with Crippen LogP contribution in [0.4, 0.5) is 0 Å². The van der Waals surface area contributed by atoms with E-state index in [4.69, 9.17) is 0 Å². The second-order valence-electron chi connectivity index (χ2n) is 18.7. The summed E-state index contributed by atoms with van der Waals surface area (Å²) in [5.74, 6) is 0.0571. The van der Waals surface area contributed by atoms with Gasteiger partial charge in [-0.15, -0.1) is 0 Å². The lowest BCUT2D eigenvalue weighted by atomic mass is 10.1. The summed E-state index contributed by atoms with van der Waals surface area (Å²) in [6.45, 7) is 3.25. The number of halogens is 2. The van der Waals surface area contributed by atoms with Gasteiger partial charge in [0.05, 0.1) is 44.1 Å². The number of para-hydroxylation sites is 4. The molecule has 15 rings (SSSR count). The Labute approximate surface area is 448 Å². The van der Waals surface area contributed by atoms with E-state index in [1.54, 1.807) is 18.4 Å². The number of fused-ring (bicyclic) bond motifs is 15. The fourth-order valence-electron chi connectivity index (χ4n) is 11.4. The number of rotatable bonds is 2. The number of hydrogen-bond donors (Lipinski definition) is 0. The maximum atomic E-state index is 13.0. The largest absolute Gasteiger partial charge is 0.309 e. The Morgan fingerprint density at radius 1 is 0.329 bits per heavy atom. The van der Waals surface area contributed by atoms with Crippen molar-refractivity contribution in [1.82, 2.24) is 18.3 Å². The molecule has 0 radical (unpaired) electrons. The molecule has 14 aromatic rings. The molecule has 0 N–H and O–H groups in total. The molecule has 0 saturated carbocycles. The monoisotopic (exact) mass is 1170 g/mol. The quantitative estimate of drug-likeness (QED) is 0.162. The van der Waals surface area contributed by atoms with Crippen molar-refractivity contribution in [1.29, 1.82) is 0 Å². The molecular formula is C65H44I2N4O2. The highest BCUT2D eigenvalue weighted by Gasteiger charge is 2.20. The number of hydrogen-bond acceptors (Lipinski definition) is 2. The highest BCUT2D eigenvalue weighted by Crippen LogP contribution is 2.39. The maximum absolute atomic E-state index is 13.0. The minimum atomic E-state index is 0.00391. The van der Waals surface area contributed by atoms with E-state index in [1.807, 2.05) is 28.8 Å². The SMILES string of the molecule is CC(=O)n1c2ccc(-n3c4ccccc4c4ccccc43)cc2c2cc(-n3c4ccccc4c4ccccc43)ccc21.CC(=O)n1c2ccc(I)cc2c2cc(I)ccc21.c1ccc2c(c1)Cc1ccccc1-2. The van der Waals surface area contributed by atoms with Crippen LogP contribution in [0.3, 0.4) is 0 Å². The molecule has 8 heteroatoms. The van der Waals surface area contributed by atoms with Gasteiger partial charge in [-0.2, -0.15) is 0 Å². The van der Waals surface area contributed by atoms with Crippen LogP contribution in [0.5, 0.6) is 0 Å². The summed E-state index contributed by atoms with van der Waals surface area (Å²) in [7, 11) is 0. The molecule has 0 saturated heterocycles. The predicted molar refractivity (Wildman–Crippen MR) is 320 cm³/mol. The molecule has 350 valence electrons. The average molecular weight is 1170 g/mol. The van der Waals surface area contributed by atoms with E-state index < -0.39 is 0 Å². The topological polar surface area (TPSA) is 53.9 Å². The first kappa shape index (κ1) is 45.1. The Balaban J connectivity index is 0.000000135. The molecule has 1 aliphatic carbocycles. The van der Waals surface area contributed by atoms with Crippen LogP contribution in [0.25, 0.3) is 110 Å². The van der Waals surface area contributed by atoms with Crippen molar-refractivity contribution in [2.75, 3.05) is 0 Å². The highest BCUT2D eigenvalue weighted by atomic mass is 127. The van der Waals surface area contributed by atoms with Crippen molar-refractivity contribution < 1.29 is 9.59 Å². The molecule has 0 aliphatic heterocycles. The first-order valence-electron chi connectivity index (χ1n) is 24.3. The summed E-state index contributed by atoms with van der Waals surface area (Å²) in [5.41, 5.74) is 16.4. The number of nitrogens with zero attached hydrogens (tertiary/aromatic N) is 4. The Kier molecular flexibility index (Phi) is 11.1. The van der Waals surface area contributed by atoms with Gasteiger partial charge in [0.1, 0.15) is 0 Å². The van der Waals surface area contributed by atoms with Crippen molar-refractivity contribution in [2.45, 2.75) is 20.3 Å². The van der Waals surface area contributed by atoms with Crippen LogP contribution in [0.2, 0.25) is 0 Å². The van der Waals surface area contributed by atoms with Gasteiger partial charge in [-0.3, -0.25) is 18.7 Å². The summed E-state index contributed by atoms with van der Waals surface area (Å²) < 4.78 is 10.7. The van der Waals surface area contributed by atoms with E-state index >= 15 is 0 Å². The third-order valence-electron chi connectivity index (χ3n) is 14.4. The van der Waals surface area contributed by atoms with Gasteiger partial charge in [0.2, 0.25) is 11.8 Å². The molecular weight excluding hydrogens is 1120 g/mol. The third-order valence-corrected chi connectivity index (χ3v) is 15.8. The van der Waals surface area contributed by atoms with Crippen molar-refractivity contribution in [3.63, 3.8) is 0 Å². The predicted octanol–water partition coefficient (Wildman–Crippen LogP) is 17.6. The highest BCUT2D eigenvalue weighted by molar-refractivity contribution is 14.1. The average Bonchev–Trinajstić information content (AvgIpc) is 4.21. The van der Waals surface area contributed by atoms with Crippen LogP contribution in [-0.2, 0) is 6.42 Å². The lowest BCUT2D eigenvalue weighted by Gasteiger charge is -2.09. The Morgan fingerprint density at radius 2 is 0.630 bits per heavy atom. The molecule has 1 aliphatic rings. The zero-order valence-electron chi connectivity index (χ0n) is 39.9. The van der Waals surface area contributed by atoms with Gasteiger partial charge >= 0.3 is 0 Å². The molecule has 4 heterocycles. The number of benzene rings is 10. The second-order valence-corrected chi connectivity index (χ2v) is 21.2. The lowest BCUT2D eigenvalue weighted by molar-refractivity contribution is 0.0937. The van der Waals surface area contributed by atoms with Crippen LogP contribution in [0.1, 0.15) is 34.6 Å². The molecule has 0 fully saturated rings. The van der Waals surface area contributed by atoms with Crippen LogP contribution in [0, 0.1) is 7.14 Å². The fourth-order valence-corrected chi connectivity index (χ4v) is 12.4. The molecule has 0 atom stereocenters. The van der Waals surface area contributed by atoms with Crippen LogP contribution in [0.15, 0.2) is 218 Å². The van der Waals surface area contributed by atoms with E-state index in [9.17, 15) is 9.59 Å². The standard InChI is InChI=1S/C38H25N3O.C14H9I2NO.C13H10/c1-24(42)39-37-20-18-25(40-33-14-6-2-10-27(33)28-11-3-7-15-34(28)40)22-31(37)32-23-26(19-21-38(32)39)41-35-16-8-4-12-29(35)30-13-5-9-17-36(30)41;1-8(18)17-13-4-2-9(15)6-11(13)12-7-10(16)3-5-14(12)17;1-3-7-12-10(5-1)9-11-6-2-4-8-13(11)12/h2-23H,1H3;2-7H,1H3;1-8H,9H2.